The van der Waals surface area contributed by atoms with Crippen molar-refractivity contribution in [2.24, 2.45) is 0 Å². The van der Waals surface area contributed by atoms with Crippen LogP contribution in [0.2, 0.25) is 0 Å². The number of methoxy groups -OCH3 is 2. The quantitative estimate of drug-likeness (QED) is 0.537. The van der Waals surface area contributed by atoms with Crippen molar-refractivity contribution in [3.63, 3.8) is 0 Å². The summed E-state index contributed by atoms with van der Waals surface area (Å²) >= 11 is 0. The molecule has 0 unspecified atom stereocenters. The van der Waals surface area contributed by atoms with Gasteiger partial charge in [0.1, 0.15) is 0 Å². The van der Waals surface area contributed by atoms with E-state index in [4.69, 9.17) is 9.47 Å². The molecule has 162 valence electrons. The maximum absolute atomic E-state index is 12.6. The van der Waals surface area contributed by atoms with Crippen molar-refractivity contribution in [3.05, 3.63) is 17.2 Å². The number of ether oxygens (including phenoxy) is 2. The van der Waals surface area contributed by atoms with Crippen molar-refractivity contribution in [2.45, 2.75) is 20.8 Å². The van der Waals surface area contributed by atoms with Gasteiger partial charge in [-0.05, 0) is 13.8 Å². The van der Waals surface area contributed by atoms with Crippen molar-refractivity contribution in [3.8, 4) is 11.8 Å². The Hall–Kier alpha value is -3.75. The summed E-state index contributed by atoms with van der Waals surface area (Å²) in [6, 6.07) is -0.0726. The van der Waals surface area contributed by atoms with E-state index >= 15 is 0 Å². The lowest BCUT2D eigenvalue weighted by atomic mass is 10.2. The normalized spacial score (nSPS) is 14.0. The lowest BCUT2D eigenvalue weighted by Gasteiger charge is -2.27. The number of rotatable bonds is 6. The van der Waals surface area contributed by atoms with Crippen LogP contribution in [-0.2, 0) is 24.6 Å². The van der Waals surface area contributed by atoms with E-state index in [-0.39, 0.29) is 38.3 Å². The van der Waals surface area contributed by atoms with Gasteiger partial charge in [-0.15, -0.1) is 4.41 Å². The fraction of sp³-hybridized carbons (Fsp3) is 0.333. The van der Waals surface area contributed by atoms with Crippen molar-refractivity contribution < 1.29 is 37.1 Å². The second-order valence-corrected chi connectivity index (χ2v) is 7.27. The average molecular weight is 442 g/mol. The molecule has 0 bridgehead atoms. The van der Waals surface area contributed by atoms with Crippen molar-refractivity contribution in [1.29, 1.82) is 0 Å². The number of aromatic nitrogens is 2. The fourth-order valence-corrected chi connectivity index (χ4v) is 3.34. The molecule has 2 heterocycles. The topological polar surface area (TPSA) is 177 Å². The number of nitrogens with one attached hydrogen (secondary N) is 2. The first-order valence-corrected chi connectivity index (χ1v) is 9.54. The second kappa shape index (κ2) is 8.32. The minimum absolute atomic E-state index is 0.00987. The summed E-state index contributed by atoms with van der Waals surface area (Å²) in [6.07, 6.45) is 0. The molecule has 0 saturated heterocycles. The van der Waals surface area contributed by atoms with Gasteiger partial charge in [0, 0.05) is 18.1 Å². The largest absolute Gasteiger partial charge is 0.481 e. The summed E-state index contributed by atoms with van der Waals surface area (Å²) in [5, 5.41) is 2.16. The Bertz CT molecular complexity index is 1020. The van der Waals surface area contributed by atoms with E-state index in [1.165, 1.54) is 38.9 Å². The minimum Gasteiger partial charge on any atom is -0.481 e. The van der Waals surface area contributed by atoms with E-state index in [0.717, 1.165) is 6.92 Å². The predicted molar refractivity (Wildman–Crippen MR) is 99.0 cm³/mol. The molecule has 1 aliphatic heterocycles. The number of urea groups is 1. The van der Waals surface area contributed by atoms with Crippen LogP contribution in [0.15, 0.2) is 17.2 Å². The molecular formula is C15H18N6O8S. The molecule has 15 heteroatoms. The number of imide groups is 1. The van der Waals surface area contributed by atoms with E-state index in [0.29, 0.717) is 0 Å². The number of carbonyl (C=O) groups is 4. The highest BCUT2D eigenvalue weighted by Gasteiger charge is 2.45. The lowest BCUT2D eigenvalue weighted by Crippen LogP contribution is -2.57. The van der Waals surface area contributed by atoms with Crippen LogP contribution in [0.3, 0.4) is 0 Å². The number of nitrogens with zero attached hydrogens (tertiary/aromatic N) is 4. The monoisotopic (exact) mass is 442 g/mol. The van der Waals surface area contributed by atoms with Gasteiger partial charge in [-0.1, -0.05) is 0 Å². The first-order chi connectivity index (χ1) is 13.9. The molecule has 30 heavy (non-hydrogen) atoms. The number of anilines is 1. The molecule has 0 saturated carbocycles. The number of hydrazine groups is 1. The molecule has 0 atom stereocenters. The Labute approximate surface area is 171 Å². The van der Waals surface area contributed by atoms with Crippen LogP contribution >= 0.6 is 0 Å². The summed E-state index contributed by atoms with van der Waals surface area (Å²) in [4.78, 5) is 56.2. The minimum atomic E-state index is -5.01. The Morgan fingerprint density at radius 3 is 1.90 bits per heavy atom. The zero-order valence-electron chi connectivity index (χ0n) is 16.5. The summed E-state index contributed by atoms with van der Waals surface area (Å²) in [7, 11) is -2.42. The van der Waals surface area contributed by atoms with Gasteiger partial charge in [0.25, 0.3) is 17.7 Å². The van der Waals surface area contributed by atoms with Crippen LogP contribution in [0, 0.1) is 0 Å². The van der Waals surface area contributed by atoms with Gasteiger partial charge < -0.3 is 9.47 Å². The highest BCUT2D eigenvalue weighted by molar-refractivity contribution is 7.88. The van der Waals surface area contributed by atoms with E-state index in [2.05, 4.69) is 9.97 Å². The third-order valence-electron chi connectivity index (χ3n) is 3.81. The van der Waals surface area contributed by atoms with Gasteiger partial charge in [-0.2, -0.15) is 23.4 Å². The summed E-state index contributed by atoms with van der Waals surface area (Å²) in [5.74, 6) is -3.60. The number of amides is 5. The Morgan fingerprint density at radius 1 is 1.03 bits per heavy atom. The number of hydrogen-bond acceptors (Lipinski definition) is 10. The number of carbonyl (C=O) groups excluding carboxylic acids is 4. The van der Waals surface area contributed by atoms with Crippen LogP contribution in [0.5, 0.6) is 11.8 Å². The molecule has 2 N–H and O–H groups in total. The molecule has 0 spiro atoms. The van der Waals surface area contributed by atoms with E-state index in [1.807, 2.05) is 5.32 Å². The molecule has 0 aliphatic carbocycles. The van der Waals surface area contributed by atoms with Crippen LogP contribution < -0.4 is 19.5 Å². The zero-order chi connectivity index (χ0) is 22.8. The Balaban J connectivity index is 2.28. The molecule has 0 aromatic carbocycles. The molecule has 0 fully saturated rings. The molecular weight excluding hydrogens is 424 g/mol. The molecule has 0 radical (unpaired) electrons. The van der Waals surface area contributed by atoms with E-state index < -0.39 is 34.0 Å². The third-order valence-corrected chi connectivity index (χ3v) is 5.13. The van der Waals surface area contributed by atoms with Gasteiger partial charge in [0.05, 0.1) is 20.3 Å². The van der Waals surface area contributed by atoms with Crippen molar-refractivity contribution in [2.75, 3.05) is 19.5 Å². The second-order valence-electron chi connectivity index (χ2n) is 5.77. The molecule has 5 amide bonds. The van der Waals surface area contributed by atoms with Crippen LogP contribution in [-0.4, -0.2) is 65.8 Å². The smallest absolute Gasteiger partial charge is 0.348 e. The van der Waals surface area contributed by atoms with E-state index in [9.17, 15) is 27.6 Å². The van der Waals surface area contributed by atoms with Crippen LogP contribution in [0.1, 0.15) is 20.8 Å². The maximum atomic E-state index is 12.6. The van der Waals surface area contributed by atoms with Gasteiger partial charge in [-0.3, -0.25) is 19.7 Å². The van der Waals surface area contributed by atoms with Crippen LogP contribution in [0.25, 0.3) is 0 Å². The zero-order valence-corrected chi connectivity index (χ0v) is 17.4. The molecule has 2 rings (SSSR count). The highest BCUT2D eigenvalue weighted by Crippen LogP contribution is 2.23. The third kappa shape index (κ3) is 4.29. The summed E-state index contributed by atoms with van der Waals surface area (Å²) in [6.45, 7) is 3.40. The van der Waals surface area contributed by atoms with Gasteiger partial charge in [0.15, 0.2) is 0 Å². The average Bonchev–Trinajstić information content (AvgIpc) is 2.84. The van der Waals surface area contributed by atoms with Gasteiger partial charge in [-0.25, -0.2) is 9.52 Å². The first-order valence-electron chi connectivity index (χ1n) is 8.10. The van der Waals surface area contributed by atoms with Gasteiger partial charge >= 0.3 is 16.2 Å². The molecule has 1 aromatic rings. The predicted octanol–water partition coefficient (Wildman–Crippen LogP) is -0.671. The standard InChI is InChI=1S/C15H18N6O8S/c1-7-8(2)13(24)20(12(7)23)21(9(3)22)30(26,27)19-15(25)18-14-16-10(28-4)6-11(17-14)29-5/h6H,1-5H3,(H2,16,17,18,19,25). The Kier molecular flexibility index (Phi) is 6.25. The summed E-state index contributed by atoms with van der Waals surface area (Å²) < 4.78 is 36.4. The highest BCUT2D eigenvalue weighted by atomic mass is 32.2. The molecule has 1 aliphatic rings. The van der Waals surface area contributed by atoms with Crippen molar-refractivity contribution in [1.82, 2.24) is 24.1 Å². The van der Waals surface area contributed by atoms with E-state index in [1.54, 1.807) is 0 Å². The molecule has 1 aromatic heterocycles. The summed E-state index contributed by atoms with van der Waals surface area (Å²) in [5.41, 5.74) is -0.0782. The molecule has 14 nitrogen and oxygen atoms in total. The lowest BCUT2D eigenvalue weighted by molar-refractivity contribution is -0.157. The van der Waals surface area contributed by atoms with Crippen molar-refractivity contribution >= 4 is 39.9 Å². The SMILES string of the molecule is COc1cc(OC)nc(NC(=O)NS(=O)(=O)N(C(C)=O)N2C(=O)C(C)=C(C)C2=O)n1. The maximum Gasteiger partial charge on any atom is 0.348 e. The van der Waals surface area contributed by atoms with Gasteiger partial charge in [0.2, 0.25) is 17.7 Å². The Morgan fingerprint density at radius 2 is 1.50 bits per heavy atom. The fourth-order valence-electron chi connectivity index (χ4n) is 2.27. The first kappa shape index (κ1) is 22.5. The number of hydrogen-bond donors (Lipinski definition) is 2. The van der Waals surface area contributed by atoms with Crippen LogP contribution in [0.4, 0.5) is 10.7 Å².